The number of rotatable bonds is 6. The van der Waals surface area contributed by atoms with Gasteiger partial charge in [0.1, 0.15) is 0 Å². The molecule has 3 N–H and O–H groups in total. The van der Waals surface area contributed by atoms with Crippen LogP contribution in [0.1, 0.15) is 16.8 Å². The van der Waals surface area contributed by atoms with Crippen LogP contribution in [0.25, 0.3) is 0 Å². The monoisotopic (exact) mass is 416 g/mol. The Morgan fingerprint density at radius 2 is 2.10 bits per heavy atom. The summed E-state index contributed by atoms with van der Waals surface area (Å²) in [4.78, 5) is 11.8. The zero-order chi connectivity index (χ0) is 16.2. The highest BCUT2D eigenvalue weighted by Crippen LogP contribution is 2.28. The van der Waals surface area contributed by atoms with E-state index in [0.29, 0.717) is 18.7 Å². The molecule has 0 saturated carbocycles. The minimum atomic E-state index is -3.97. The first kappa shape index (κ1) is 18.6. The minimum absolute atomic E-state index is 0.0153. The standard InChI is InChI=1S/C11H14BrClN2O4S2/c1-20(17)4-2-3-15-11(16)7-5-10(21(14,18)19)8(12)6-9(7)13/h5-6H,2-4H2,1H3,(H,15,16)(H2,14,18,19). The topological polar surface area (TPSA) is 106 Å². The van der Waals surface area contributed by atoms with Crippen molar-refractivity contribution >= 4 is 54.3 Å². The quantitative estimate of drug-likeness (QED) is 0.679. The average molecular weight is 418 g/mol. The number of carbonyl (C=O) groups is 1. The summed E-state index contributed by atoms with van der Waals surface area (Å²) in [6.45, 7) is 0.315. The predicted molar refractivity (Wildman–Crippen MR) is 86.4 cm³/mol. The van der Waals surface area contributed by atoms with Crippen molar-refractivity contribution in [2.75, 3.05) is 18.6 Å². The predicted octanol–water partition coefficient (Wildman–Crippen LogP) is 1.25. The third-order valence-electron chi connectivity index (χ3n) is 2.47. The number of nitrogens with two attached hydrogens (primary N) is 1. The fourth-order valence-electron chi connectivity index (χ4n) is 1.49. The first-order chi connectivity index (χ1) is 9.62. The van der Waals surface area contributed by atoms with Gasteiger partial charge in [0.15, 0.2) is 0 Å². The van der Waals surface area contributed by atoms with E-state index in [2.05, 4.69) is 21.2 Å². The fourth-order valence-corrected chi connectivity index (χ4v) is 4.06. The molecule has 1 aromatic carbocycles. The molecule has 0 spiro atoms. The summed E-state index contributed by atoms with van der Waals surface area (Å²) in [6, 6.07) is 2.42. The molecule has 1 unspecified atom stereocenters. The maximum absolute atomic E-state index is 12.0. The van der Waals surface area contributed by atoms with Gasteiger partial charge in [-0.2, -0.15) is 0 Å². The highest BCUT2D eigenvalue weighted by Gasteiger charge is 2.19. The molecule has 0 radical (unpaired) electrons. The first-order valence-electron chi connectivity index (χ1n) is 5.73. The third-order valence-corrected chi connectivity index (χ3v) is 5.51. The molecule has 0 aliphatic heterocycles. The molecule has 0 aliphatic carbocycles. The molecule has 0 bridgehead atoms. The minimum Gasteiger partial charge on any atom is -0.352 e. The van der Waals surface area contributed by atoms with Gasteiger partial charge in [-0.15, -0.1) is 0 Å². The summed E-state index contributed by atoms with van der Waals surface area (Å²) in [5, 5.41) is 7.75. The average Bonchev–Trinajstić information content (AvgIpc) is 2.32. The second-order valence-electron chi connectivity index (χ2n) is 4.19. The zero-order valence-electron chi connectivity index (χ0n) is 11.1. The Bertz CT molecular complexity index is 679. The van der Waals surface area contributed by atoms with Crippen LogP contribution in [0.2, 0.25) is 5.02 Å². The molecule has 0 aromatic heterocycles. The van der Waals surface area contributed by atoms with E-state index in [1.165, 1.54) is 6.07 Å². The fraction of sp³-hybridized carbons (Fsp3) is 0.364. The van der Waals surface area contributed by atoms with Gasteiger partial charge in [-0.25, -0.2) is 13.6 Å². The number of primary sulfonamides is 1. The van der Waals surface area contributed by atoms with Gasteiger partial charge in [0.25, 0.3) is 5.91 Å². The lowest BCUT2D eigenvalue weighted by Gasteiger charge is -2.09. The van der Waals surface area contributed by atoms with Crippen molar-refractivity contribution in [3.8, 4) is 0 Å². The van der Waals surface area contributed by atoms with Crippen molar-refractivity contribution in [2.45, 2.75) is 11.3 Å². The number of benzene rings is 1. The van der Waals surface area contributed by atoms with E-state index < -0.39 is 26.7 Å². The summed E-state index contributed by atoms with van der Waals surface area (Å²) >= 11 is 8.97. The van der Waals surface area contributed by atoms with E-state index in [0.717, 1.165) is 6.07 Å². The highest BCUT2D eigenvalue weighted by atomic mass is 79.9. The van der Waals surface area contributed by atoms with Gasteiger partial charge in [-0.1, -0.05) is 11.6 Å². The normalized spacial score (nSPS) is 13.0. The van der Waals surface area contributed by atoms with Gasteiger partial charge in [-0.3, -0.25) is 9.00 Å². The summed E-state index contributed by atoms with van der Waals surface area (Å²) in [6.07, 6.45) is 2.12. The Hall–Kier alpha value is -0.480. The van der Waals surface area contributed by atoms with Gasteiger partial charge >= 0.3 is 0 Å². The smallest absolute Gasteiger partial charge is 0.252 e. The summed E-state index contributed by atoms with van der Waals surface area (Å²) < 4.78 is 33.9. The molecule has 6 nitrogen and oxygen atoms in total. The van der Waals surface area contributed by atoms with Crippen LogP contribution in [0, 0.1) is 0 Å². The van der Waals surface area contributed by atoms with E-state index >= 15 is 0 Å². The number of hydrogen-bond acceptors (Lipinski definition) is 4. The van der Waals surface area contributed by atoms with Crippen LogP contribution in [-0.4, -0.2) is 37.1 Å². The SMILES string of the molecule is CS(=O)CCCNC(=O)c1cc(S(N)(=O)=O)c(Br)cc1Cl. The molecule has 0 fully saturated rings. The Balaban J connectivity index is 2.92. The second kappa shape index (κ2) is 7.68. The van der Waals surface area contributed by atoms with E-state index in [9.17, 15) is 17.4 Å². The van der Waals surface area contributed by atoms with Crippen molar-refractivity contribution in [3.05, 3.63) is 27.2 Å². The summed E-state index contributed by atoms with van der Waals surface area (Å²) in [5.41, 5.74) is 0.0153. The molecule has 0 aliphatic rings. The lowest BCUT2D eigenvalue weighted by molar-refractivity contribution is 0.0953. The van der Waals surface area contributed by atoms with E-state index in [1.54, 1.807) is 6.26 Å². The van der Waals surface area contributed by atoms with Crippen LogP contribution in [-0.2, 0) is 20.8 Å². The van der Waals surface area contributed by atoms with Gasteiger partial charge in [0.05, 0.1) is 15.5 Å². The molecule has 0 saturated heterocycles. The highest BCUT2D eigenvalue weighted by molar-refractivity contribution is 9.10. The van der Waals surface area contributed by atoms with Gasteiger partial charge in [-0.05, 0) is 34.5 Å². The molecule has 118 valence electrons. The molecule has 1 rings (SSSR count). The van der Waals surface area contributed by atoms with Crippen molar-refractivity contribution < 1.29 is 17.4 Å². The van der Waals surface area contributed by atoms with Crippen molar-refractivity contribution in [1.29, 1.82) is 0 Å². The Kier molecular flexibility index (Phi) is 6.79. The van der Waals surface area contributed by atoms with Crippen LogP contribution < -0.4 is 10.5 Å². The molecule has 0 heterocycles. The molecule has 1 aromatic rings. The third kappa shape index (κ3) is 5.67. The first-order valence-corrected chi connectivity index (χ1v) is 10.2. The molecule has 10 heteroatoms. The lowest BCUT2D eigenvalue weighted by Crippen LogP contribution is -2.26. The molecular weight excluding hydrogens is 404 g/mol. The summed E-state index contributed by atoms with van der Waals surface area (Å²) in [5.74, 6) is -0.0455. The number of amides is 1. The van der Waals surface area contributed by atoms with Gasteiger partial charge in [0.2, 0.25) is 10.0 Å². The lowest BCUT2D eigenvalue weighted by atomic mass is 10.2. The molecule has 21 heavy (non-hydrogen) atoms. The van der Waals surface area contributed by atoms with Crippen molar-refractivity contribution in [1.82, 2.24) is 5.32 Å². The summed E-state index contributed by atoms with van der Waals surface area (Å²) in [7, 11) is -4.90. The van der Waals surface area contributed by atoms with Gasteiger partial charge in [0, 0.05) is 33.8 Å². The number of hydrogen-bond donors (Lipinski definition) is 2. The largest absolute Gasteiger partial charge is 0.352 e. The molecule has 1 amide bonds. The zero-order valence-corrected chi connectivity index (χ0v) is 15.0. The van der Waals surface area contributed by atoms with Crippen LogP contribution in [0.4, 0.5) is 0 Å². The Morgan fingerprint density at radius 1 is 1.48 bits per heavy atom. The number of sulfonamides is 1. The number of nitrogens with one attached hydrogen (secondary N) is 1. The molecular formula is C11H14BrClN2O4S2. The Morgan fingerprint density at radius 3 is 2.62 bits per heavy atom. The second-order valence-corrected chi connectivity index (χ2v) is 8.54. The van der Waals surface area contributed by atoms with Crippen molar-refractivity contribution in [3.63, 3.8) is 0 Å². The number of halogens is 2. The van der Waals surface area contributed by atoms with E-state index in [4.69, 9.17) is 16.7 Å². The maximum Gasteiger partial charge on any atom is 0.252 e. The molecule has 1 atom stereocenters. The maximum atomic E-state index is 12.0. The number of carbonyl (C=O) groups excluding carboxylic acids is 1. The van der Waals surface area contributed by atoms with Crippen LogP contribution in [0.3, 0.4) is 0 Å². The van der Waals surface area contributed by atoms with Gasteiger partial charge < -0.3 is 5.32 Å². The van der Waals surface area contributed by atoms with Crippen LogP contribution >= 0.6 is 27.5 Å². The van der Waals surface area contributed by atoms with Crippen LogP contribution in [0.15, 0.2) is 21.5 Å². The Labute approximate surface area is 139 Å². The van der Waals surface area contributed by atoms with Crippen molar-refractivity contribution in [2.24, 2.45) is 5.14 Å². The van der Waals surface area contributed by atoms with Crippen LogP contribution in [0.5, 0.6) is 0 Å². The van der Waals surface area contributed by atoms with E-state index in [-0.39, 0.29) is 20.0 Å². The van der Waals surface area contributed by atoms with E-state index in [1.807, 2.05) is 0 Å².